The van der Waals surface area contributed by atoms with Crippen molar-refractivity contribution in [3.63, 3.8) is 0 Å². The Morgan fingerprint density at radius 1 is 1.11 bits per heavy atom. The molecule has 0 radical (unpaired) electrons. The van der Waals surface area contributed by atoms with Gasteiger partial charge in [0.05, 0.1) is 11.3 Å². The molecule has 0 amide bonds. The maximum atomic E-state index is 12.7. The first-order valence-electron chi connectivity index (χ1n) is 9.35. The highest BCUT2D eigenvalue weighted by atomic mass is 32.2. The molecule has 2 aromatic rings. The van der Waals surface area contributed by atoms with Crippen LogP contribution in [0, 0.1) is 5.92 Å². The number of piperidine rings is 1. The van der Waals surface area contributed by atoms with Crippen molar-refractivity contribution in [2.45, 2.75) is 25.8 Å². The van der Waals surface area contributed by atoms with E-state index >= 15 is 0 Å². The minimum atomic E-state index is -3.26. The molecule has 28 heavy (non-hydrogen) atoms. The zero-order chi connectivity index (χ0) is 20.1. The lowest BCUT2D eigenvalue weighted by molar-refractivity contribution is 0.0697. The number of carbonyl (C=O) groups is 1. The van der Waals surface area contributed by atoms with Gasteiger partial charge in [0.15, 0.2) is 0 Å². The number of benzene rings is 1. The van der Waals surface area contributed by atoms with Crippen molar-refractivity contribution in [3.8, 4) is 11.1 Å². The molecule has 1 aromatic heterocycles. The molecule has 2 bridgehead atoms. The van der Waals surface area contributed by atoms with Gasteiger partial charge in [-0.15, -0.1) is 0 Å². The van der Waals surface area contributed by atoms with Crippen LogP contribution in [0.25, 0.3) is 11.1 Å². The van der Waals surface area contributed by atoms with E-state index in [1.54, 1.807) is 34.0 Å². The first-order chi connectivity index (χ1) is 13.3. The average Bonchev–Trinajstić information content (AvgIpc) is 2.68. The van der Waals surface area contributed by atoms with Crippen molar-refractivity contribution in [1.29, 1.82) is 0 Å². The number of carboxylic acids is 1. The molecule has 0 unspecified atom stereocenters. The summed E-state index contributed by atoms with van der Waals surface area (Å²) in [6.07, 6.45) is 0.872. The van der Waals surface area contributed by atoms with Crippen LogP contribution in [-0.2, 0) is 16.6 Å². The Kier molecular flexibility index (Phi) is 4.63. The second-order valence-corrected chi connectivity index (χ2v) is 9.77. The second kappa shape index (κ2) is 6.86. The van der Waals surface area contributed by atoms with Crippen LogP contribution in [0.2, 0.25) is 0 Å². The minimum Gasteiger partial charge on any atom is -0.478 e. The summed E-state index contributed by atoms with van der Waals surface area (Å²) in [6, 6.07) is 9.92. The predicted molar refractivity (Wildman–Crippen MR) is 105 cm³/mol. The molecule has 2 atom stereocenters. The molecule has 148 valence electrons. The third kappa shape index (κ3) is 3.27. The van der Waals surface area contributed by atoms with E-state index in [9.17, 15) is 18.0 Å². The highest BCUT2D eigenvalue weighted by Gasteiger charge is 2.38. The van der Waals surface area contributed by atoms with Crippen LogP contribution in [-0.4, -0.2) is 47.2 Å². The molecule has 1 fully saturated rings. The Morgan fingerprint density at radius 3 is 2.46 bits per heavy atom. The van der Waals surface area contributed by atoms with Crippen LogP contribution in [0.4, 0.5) is 0 Å². The fraction of sp³-hybridized carbons (Fsp3) is 0.400. The van der Waals surface area contributed by atoms with Crippen LogP contribution in [0.5, 0.6) is 0 Å². The fourth-order valence-corrected chi connectivity index (χ4v) is 5.51. The number of sulfonamides is 1. The number of carboxylic acid groups (broad SMARTS) is 1. The van der Waals surface area contributed by atoms with Crippen LogP contribution in [0.3, 0.4) is 0 Å². The van der Waals surface area contributed by atoms with Crippen LogP contribution in [0.15, 0.2) is 41.2 Å². The summed E-state index contributed by atoms with van der Waals surface area (Å²) in [5.74, 6) is -0.789. The van der Waals surface area contributed by atoms with Gasteiger partial charge in [-0.2, -0.15) is 0 Å². The minimum absolute atomic E-state index is 0.0141. The van der Waals surface area contributed by atoms with E-state index < -0.39 is 16.0 Å². The van der Waals surface area contributed by atoms with E-state index in [-0.39, 0.29) is 28.7 Å². The third-order valence-corrected chi connectivity index (χ3v) is 7.56. The Hall–Kier alpha value is -2.45. The molecule has 8 heteroatoms. The number of fused-ring (bicyclic) bond motifs is 4. The van der Waals surface area contributed by atoms with Crippen molar-refractivity contribution in [3.05, 3.63) is 58.0 Å². The van der Waals surface area contributed by atoms with Gasteiger partial charge in [0, 0.05) is 37.3 Å². The first kappa shape index (κ1) is 18.9. The molecule has 2 aliphatic rings. The number of hydrogen-bond donors (Lipinski definition) is 1. The number of hydrogen-bond acceptors (Lipinski definition) is 4. The molecule has 7 nitrogen and oxygen atoms in total. The Bertz CT molecular complexity index is 1090. The van der Waals surface area contributed by atoms with Gasteiger partial charge in [-0.1, -0.05) is 12.1 Å². The van der Waals surface area contributed by atoms with Gasteiger partial charge in [-0.3, -0.25) is 4.79 Å². The number of aromatic nitrogens is 1. The summed E-state index contributed by atoms with van der Waals surface area (Å²) in [5.41, 5.74) is 2.44. The van der Waals surface area contributed by atoms with Crippen molar-refractivity contribution in [2.75, 3.05) is 18.8 Å². The summed E-state index contributed by atoms with van der Waals surface area (Å²) in [7, 11) is -3.26. The predicted octanol–water partition coefficient (Wildman–Crippen LogP) is 1.98. The third-order valence-electron chi connectivity index (χ3n) is 5.75. The lowest BCUT2D eigenvalue weighted by Gasteiger charge is -2.42. The zero-order valence-electron chi connectivity index (χ0n) is 15.5. The van der Waals surface area contributed by atoms with E-state index in [1.807, 2.05) is 6.07 Å². The lowest BCUT2D eigenvalue weighted by Crippen LogP contribution is -2.49. The van der Waals surface area contributed by atoms with Gasteiger partial charge >= 0.3 is 5.97 Å². The van der Waals surface area contributed by atoms with Crippen LogP contribution in [0.1, 0.15) is 35.3 Å². The first-order valence-corrected chi connectivity index (χ1v) is 11.0. The highest BCUT2D eigenvalue weighted by Crippen LogP contribution is 2.37. The molecular weight excluding hydrogens is 380 g/mol. The Labute approximate surface area is 163 Å². The van der Waals surface area contributed by atoms with Gasteiger partial charge in [0.25, 0.3) is 5.56 Å². The van der Waals surface area contributed by atoms with Crippen LogP contribution >= 0.6 is 0 Å². The molecule has 1 saturated heterocycles. The Balaban J connectivity index is 1.73. The van der Waals surface area contributed by atoms with Gasteiger partial charge in [0.1, 0.15) is 0 Å². The largest absolute Gasteiger partial charge is 0.478 e. The molecule has 4 rings (SSSR count). The fourth-order valence-electron chi connectivity index (χ4n) is 4.30. The summed E-state index contributed by atoms with van der Waals surface area (Å²) < 4.78 is 28.0. The lowest BCUT2D eigenvalue weighted by atomic mass is 9.83. The number of aromatic carboxylic acids is 1. The second-order valence-electron chi connectivity index (χ2n) is 7.52. The van der Waals surface area contributed by atoms with Crippen molar-refractivity contribution in [2.24, 2.45) is 5.92 Å². The van der Waals surface area contributed by atoms with E-state index in [4.69, 9.17) is 5.11 Å². The smallest absolute Gasteiger partial charge is 0.335 e. The summed E-state index contributed by atoms with van der Waals surface area (Å²) in [5, 5.41) is 9.05. The maximum absolute atomic E-state index is 12.7. The maximum Gasteiger partial charge on any atom is 0.335 e. The number of pyridine rings is 1. The van der Waals surface area contributed by atoms with Crippen molar-refractivity contribution >= 4 is 16.0 Å². The number of nitrogens with zero attached hydrogens (tertiary/aromatic N) is 2. The topological polar surface area (TPSA) is 96.7 Å². The molecule has 0 spiro atoms. The zero-order valence-corrected chi connectivity index (χ0v) is 16.4. The molecule has 3 heterocycles. The summed E-state index contributed by atoms with van der Waals surface area (Å²) >= 11 is 0. The van der Waals surface area contributed by atoms with E-state index in [2.05, 4.69) is 0 Å². The summed E-state index contributed by atoms with van der Waals surface area (Å²) in [6.45, 7) is 3.04. The summed E-state index contributed by atoms with van der Waals surface area (Å²) in [4.78, 5) is 23.8. The van der Waals surface area contributed by atoms with Crippen LogP contribution < -0.4 is 5.56 Å². The SMILES string of the molecule is CCS(=O)(=O)N1C[C@@H]2C[C@H](C1)c1cc(-c3ccc(C(=O)O)cc3)cc(=O)n1C2. The molecule has 1 aromatic carbocycles. The van der Waals surface area contributed by atoms with Gasteiger partial charge in [-0.05, 0) is 48.6 Å². The monoisotopic (exact) mass is 402 g/mol. The standard InChI is InChI=1S/C20H22N2O5S/c1-2-28(26,27)21-10-13-7-17(12-21)18-8-16(9-19(23)22(18)11-13)14-3-5-15(6-4-14)20(24)25/h3-6,8-9,13,17H,2,7,10-12H2,1H3,(H,24,25)/t13-,17+/m0/s1. The van der Waals surface area contributed by atoms with E-state index in [0.29, 0.717) is 19.6 Å². The van der Waals surface area contributed by atoms with Crippen molar-refractivity contribution in [1.82, 2.24) is 8.87 Å². The molecular formula is C20H22N2O5S. The van der Waals surface area contributed by atoms with Crippen molar-refractivity contribution < 1.29 is 18.3 Å². The number of rotatable bonds is 4. The quantitative estimate of drug-likeness (QED) is 0.844. The van der Waals surface area contributed by atoms with Gasteiger partial charge < -0.3 is 9.67 Å². The van der Waals surface area contributed by atoms with Gasteiger partial charge in [-0.25, -0.2) is 17.5 Å². The highest BCUT2D eigenvalue weighted by molar-refractivity contribution is 7.89. The normalized spacial score (nSPS) is 21.9. The molecule has 0 saturated carbocycles. The van der Waals surface area contributed by atoms with Gasteiger partial charge in [0.2, 0.25) is 10.0 Å². The average molecular weight is 402 g/mol. The Morgan fingerprint density at radius 2 is 1.82 bits per heavy atom. The van der Waals surface area contributed by atoms with E-state index in [0.717, 1.165) is 23.2 Å². The molecule has 1 N–H and O–H groups in total. The van der Waals surface area contributed by atoms with E-state index in [1.165, 1.54) is 12.1 Å². The molecule has 2 aliphatic heterocycles. The molecule has 0 aliphatic carbocycles.